The molecule has 1 aliphatic rings. The maximum atomic E-state index is 13.2. The molecular weight excluding hydrogens is 505 g/mol. The van der Waals surface area contributed by atoms with Gasteiger partial charge in [0.1, 0.15) is 12.4 Å². The summed E-state index contributed by atoms with van der Waals surface area (Å²) in [6.07, 6.45) is 1.51. The van der Waals surface area contributed by atoms with Crippen molar-refractivity contribution < 1.29 is 27.1 Å². The molecule has 1 fully saturated rings. The van der Waals surface area contributed by atoms with Crippen LogP contribution in [0.25, 0.3) is 10.2 Å². The second-order valence-corrected chi connectivity index (χ2v) is 11.5. The molecule has 1 aromatic heterocycles. The number of hydrogen-bond donors (Lipinski definition) is 0. The number of piperidine rings is 1. The number of aromatic nitrogens is 1. The number of hydrogen-bond acceptors (Lipinski definition) is 6. The third-order valence-electron chi connectivity index (χ3n) is 6.21. The zero-order valence-electron chi connectivity index (χ0n) is 20.1. The van der Waals surface area contributed by atoms with Crippen LogP contribution in [0.2, 0.25) is 0 Å². The van der Waals surface area contributed by atoms with E-state index < -0.39 is 27.7 Å². The van der Waals surface area contributed by atoms with Gasteiger partial charge in [0, 0.05) is 19.0 Å². The fraction of sp³-hybridized carbons (Fsp3) is 0.400. The Bertz CT molecular complexity index is 1440. The smallest absolute Gasteiger partial charge is 0.326 e. The van der Waals surface area contributed by atoms with Crippen LogP contribution in [0, 0.1) is 11.7 Å². The largest absolute Gasteiger partial charge is 0.465 e. The molecule has 3 aromatic rings. The highest BCUT2D eigenvalue weighted by atomic mass is 32.2. The second kappa shape index (κ2) is 11.0. The standard InChI is InChI=1S/C25H28FN3O5S2/c1-3-17-5-10-21-22(15-17)35-25(29(21)16-23(30)34-4-2)27-24(31)18-11-13-28(14-12-18)36(32,33)20-8-6-19(26)7-9-20/h5-10,15,18H,3-4,11-14,16H2,1-2H3. The normalized spacial score (nSPS) is 15.9. The average Bonchev–Trinajstić information content (AvgIpc) is 3.20. The first-order valence-corrected chi connectivity index (χ1v) is 14.1. The van der Waals surface area contributed by atoms with Gasteiger partial charge in [-0.15, -0.1) is 0 Å². The first-order chi connectivity index (χ1) is 17.2. The molecule has 0 N–H and O–H groups in total. The summed E-state index contributed by atoms with van der Waals surface area (Å²) in [7, 11) is -3.77. The lowest BCUT2D eigenvalue weighted by Crippen LogP contribution is -2.40. The molecule has 0 radical (unpaired) electrons. The van der Waals surface area contributed by atoms with Crippen molar-refractivity contribution >= 4 is 43.5 Å². The van der Waals surface area contributed by atoms with Crippen LogP contribution in [0.4, 0.5) is 4.39 Å². The van der Waals surface area contributed by atoms with E-state index in [-0.39, 0.29) is 37.0 Å². The molecule has 1 saturated heterocycles. The molecule has 8 nitrogen and oxygen atoms in total. The maximum Gasteiger partial charge on any atom is 0.326 e. The number of benzene rings is 2. The number of amides is 1. The van der Waals surface area contributed by atoms with Crippen LogP contribution in [0.3, 0.4) is 0 Å². The summed E-state index contributed by atoms with van der Waals surface area (Å²) in [5, 5.41) is 0. The molecule has 11 heteroatoms. The molecular formula is C25H28FN3O5S2. The Labute approximate surface area is 213 Å². The zero-order chi connectivity index (χ0) is 25.9. The van der Waals surface area contributed by atoms with E-state index in [2.05, 4.69) is 11.9 Å². The fourth-order valence-corrected chi connectivity index (χ4v) is 6.76. The minimum Gasteiger partial charge on any atom is -0.465 e. The summed E-state index contributed by atoms with van der Waals surface area (Å²) in [4.78, 5) is 30.1. The zero-order valence-corrected chi connectivity index (χ0v) is 21.8. The van der Waals surface area contributed by atoms with Gasteiger partial charge in [-0.05, 0) is 68.1 Å². The maximum absolute atomic E-state index is 13.2. The van der Waals surface area contributed by atoms with E-state index in [1.54, 1.807) is 11.5 Å². The summed E-state index contributed by atoms with van der Waals surface area (Å²) >= 11 is 1.34. The van der Waals surface area contributed by atoms with Gasteiger partial charge in [0.05, 0.1) is 21.7 Å². The van der Waals surface area contributed by atoms with Gasteiger partial charge < -0.3 is 9.30 Å². The lowest BCUT2D eigenvalue weighted by molar-refractivity contribution is -0.143. The van der Waals surface area contributed by atoms with Gasteiger partial charge in [-0.2, -0.15) is 9.30 Å². The van der Waals surface area contributed by atoms with Crippen molar-refractivity contribution in [1.29, 1.82) is 0 Å². The molecule has 192 valence electrons. The number of sulfonamides is 1. The van der Waals surface area contributed by atoms with E-state index >= 15 is 0 Å². The average molecular weight is 534 g/mol. The topological polar surface area (TPSA) is 98.0 Å². The molecule has 0 bridgehead atoms. The summed E-state index contributed by atoms with van der Waals surface area (Å²) in [5.41, 5.74) is 1.94. The predicted octanol–water partition coefficient (Wildman–Crippen LogP) is 3.50. The number of thiazole rings is 1. The summed E-state index contributed by atoms with van der Waals surface area (Å²) in [5.74, 6) is -1.69. The van der Waals surface area contributed by atoms with E-state index in [4.69, 9.17) is 4.74 Å². The fourth-order valence-electron chi connectivity index (χ4n) is 4.20. The first-order valence-electron chi connectivity index (χ1n) is 11.8. The Hall–Kier alpha value is -2.89. The van der Waals surface area contributed by atoms with Crippen LogP contribution in [0.5, 0.6) is 0 Å². The van der Waals surface area contributed by atoms with Crippen LogP contribution in [0.15, 0.2) is 52.4 Å². The number of nitrogens with zero attached hydrogens (tertiary/aromatic N) is 3. The van der Waals surface area contributed by atoms with Crippen molar-refractivity contribution in [3.63, 3.8) is 0 Å². The molecule has 4 rings (SSSR count). The van der Waals surface area contributed by atoms with Crippen molar-refractivity contribution in [2.24, 2.45) is 10.9 Å². The van der Waals surface area contributed by atoms with E-state index in [9.17, 15) is 22.4 Å². The highest BCUT2D eigenvalue weighted by Crippen LogP contribution is 2.25. The molecule has 2 aromatic carbocycles. The van der Waals surface area contributed by atoms with Crippen molar-refractivity contribution in [2.45, 2.75) is 44.6 Å². The number of carbonyl (C=O) groups excluding carboxylic acids is 2. The molecule has 1 amide bonds. The molecule has 0 spiro atoms. The Morgan fingerprint density at radius 3 is 2.44 bits per heavy atom. The molecule has 0 aliphatic carbocycles. The van der Waals surface area contributed by atoms with Crippen molar-refractivity contribution in [3.8, 4) is 0 Å². The predicted molar refractivity (Wildman–Crippen MR) is 134 cm³/mol. The van der Waals surface area contributed by atoms with E-state index in [1.165, 1.54) is 27.8 Å². The number of carbonyl (C=O) groups is 2. The molecule has 0 unspecified atom stereocenters. The lowest BCUT2D eigenvalue weighted by Gasteiger charge is -2.29. The second-order valence-electron chi connectivity index (χ2n) is 8.51. The minimum absolute atomic E-state index is 0.0232. The van der Waals surface area contributed by atoms with Gasteiger partial charge in [0.2, 0.25) is 10.0 Å². The van der Waals surface area contributed by atoms with Gasteiger partial charge in [-0.1, -0.05) is 24.3 Å². The number of esters is 1. The molecule has 2 heterocycles. The SMILES string of the molecule is CCOC(=O)Cn1c(=NC(=O)C2CCN(S(=O)(=O)c3ccc(F)cc3)CC2)sc2cc(CC)ccc21. The van der Waals surface area contributed by atoms with Gasteiger partial charge in [-0.3, -0.25) is 9.59 Å². The highest BCUT2D eigenvalue weighted by Gasteiger charge is 2.32. The van der Waals surface area contributed by atoms with Gasteiger partial charge >= 0.3 is 5.97 Å². The number of fused-ring (bicyclic) bond motifs is 1. The van der Waals surface area contributed by atoms with Gasteiger partial charge in [0.15, 0.2) is 4.80 Å². The van der Waals surface area contributed by atoms with Gasteiger partial charge in [-0.25, -0.2) is 12.8 Å². The summed E-state index contributed by atoms with van der Waals surface area (Å²) in [6, 6.07) is 10.6. The molecule has 36 heavy (non-hydrogen) atoms. The lowest BCUT2D eigenvalue weighted by atomic mass is 9.98. The molecule has 0 saturated carbocycles. The first kappa shape index (κ1) is 26.2. The number of aryl methyl sites for hydroxylation is 1. The van der Waals surface area contributed by atoms with Crippen LogP contribution in [-0.4, -0.2) is 48.9 Å². The number of rotatable bonds is 7. The van der Waals surface area contributed by atoms with E-state index in [1.807, 2.05) is 18.2 Å². The van der Waals surface area contributed by atoms with Crippen LogP contribution in [0.1, 0.15) is 32.3 Å². The third kappa shape index (κ3) is 5.58. The number of ether oxygens (including phenoxy) is 1. The Morgan fingerprint density at radius 1 is 1.11 bits per heavy atom. The Morgan fingerprint density at radius 2 is 1.81 bits per heavy atom. The van der Waals surface area contributed by atoms with Crippen LogP contribution < -0.4 is 4.80 Å². The van der Waals surface area contributed by atoms with Crippen LogP contribution >= 0.6 is 11.3 Å². The third-order valence-corrected chi connectivity index (χ3v) is 9.16. The minimum atomic E-state index is -3.77. The van der Waals surface area contributed by atoms with Crippen LogP contribution in [-0.2, 0) is 37.3 Å². The number of halogens is 1. The van der Waals surface area contributed by atoms with E-state index in [0.717, 1.165) is 34.3 Å². The van der Waals surface area contributed by atoms with E-state index in [0.29, 0.717) is 17.6 Å². The Kier molecular flexibility index (Phi) is 8.01. The van der Waals surface area contributed by atoms with Crippen molar-refractivity contribution in [2.75, 3.05) is 19.7 Å². The highest BCUT2D eigenvalue weighted by molar-refractivity contribution is 7.89. The Balaban J connectivity index is 1.55. The molecule has 1 aliphatic heterocycles. The molecule has 0 atom stereocenters. The monoisotopic (exact) mass is 533 g/mol. The quantitative estimate of drug-likeness (QED) is 0.433. The van der Waals surface area contributed by atoms with Gasteiger partial charge in [0.25, 0.3) is 5.91 Å². The van der Waals surface area contributed by atoms with Crippen molar-refractivity contribution in [1.82, 2.24) is 8.87 Å². The summed E-state index contributed by atoms with van der Waals surface area (Å²) in [6.45, 7) is 4.33. The summed E-state index contributed by atoms with van der Waals surface area (Å²) < 4.78 is 48.0. The van der Waals surface area contributed by atoms with Crippen molar-refractivity contribution in [3.05, 3.63) is 58.6 Å².